The first-order valence-electron chi connectivity index (χ1n) is 6.83. The van der Waals surface area contributed by atoms with Gasteiger partial charge in [-0.05, 0) is 55.4 Å². The first-order valence-corrected chi connectivity index (χ1v) is 6.83. The zero-order chi connectivity index (χ0) is 11.7. The van der Waals surface area contributed by atoms with Crippen LogP contribution in [-0.2, 0) is 6.42 Å². The van der Waals surface area contributed by atoms with Gasteiger partial charge in [0.05, 0.1) is 6.61 Å². The molecule has 0 aromatic heterocycles. The molecule has 0 saturated heterocycles. The van der Waals surface area contributed by atoms with Gasteiger partial charge in [0, 0.05) is 18.2 Å². The number of rotatable bonds is 2. The average Bonchev–Trinajstić information content (AvgIpc) is 2.79. The fourth-order valence-corrected chi connectivity index (χ4v) is 2.92. The van der Waals surface area contributed by atoms with E-state index >= 15 is 0 Å². The van der Waals surface area contributed by atoms with Gasteiger partial charge in [-0.15, -0.1) is 0 Å². The molecule has 0 unspecified atom stereocenters. The van der Waals surface area contributed by atoms with Crippen LogP contribution in [0, 0.1) is 5.92 Å². The molecular weight excluding hydrogens is 210 g/mol. The third-order valence-corrected chi connectivity index (χ3v) is 4.08. The molecule has 2 nitrogen and oxygen atoms in total. The Balaban J connectivity index is 1.65. The number of benzene rings is 1. The Hall–Kier alpha value is -1.18. The van der Waals surface area contributed by atoms with Crippen molar-refractivity contribution in [1.82, 2.24) is 0 Å². The van der Waals surface area contributed by atoms with Crippen LogP contribution in [0.2, 0.25) is 0 Å². The minimum atomic E-state index is 0.673. The molecule has 1 heterocycles. The molecular formula is C15H21NO. The lowest BCUT2D eigenvalue weighted by Crippen LogP contribution is -2.25. The van der Waals surface area contributed by atoms with Gasteiger partial charge in [0.15, 0.2) is 0 Å². The van der Waals surface area contributed by atoms with Crippen molar-refractivity contribution in [3.63, 3.8) is 0 Å². The second-order valence-electron chi connectivity index (χ2n) is 5.52. The minimum absolute atomic E-state index is 0.673. The van der Waals surface area contributed by atoms with Crippen LogP contribution in [0.3, 0.4) is 0 Å². The van der Waals surface area contributed by atoms with E-state index in [0.29, 0.717) is 6.04 Å². The highest BCUT2D eigenvalue weighted by Crippen LogP contribution is 2.30. The molecule has 92 valence electrons. The molecule has 0 radical (unpaired) electrons. The molecule has 17 heavy (non-hydrogen) atoms. The Morgan fingerprint density at radius 1 is 1.18 bits per heavy atom. The highest BCUT2D eigenvalue weighted by atomic mass is 16.5. The zero-order valence-corrected chi connectivity index (χ0v) is 10.5. The van der Waals surface area contributed by atoms with Gasteiger partial charge in [0.1, 0.15) is 5.75 Å². The van der Waals surface area contributed by atoms with E-state index in [9.17, 15) is 0 Å². The summed E-state index contributed by atoms with van der Waals surface area (Å²) in [5, 5.41) is 3.68. The summed E-state index contributed by atoms with van der Waals surface area (Å²) >= 11 is 0. The second-order valence-corrected chi connectivity index (χ2v) is 5.52. The van der Waals surface area contributed by atoms with Crippen LogP contribution in [0.1, 0.15) is 38.2 Å². The van der Waals surface area contributed by atoms with Crippen molar-refractivity contribution < 1.29 is 4.74 Å². The smallest absolute Gasteiger partial charge is 0.122 e. The molecule has 1 aromatic carbocycles. The minimum Gasteiger partial charge on any atom is -0.493 e. The molecule has 2 heteroatoms. The molecule has 1 aliphatic carbocycles. The topological polar surface area (TPSA) is 21.3 Å². The molecule has 0 amide bonds. The van der Waals surface area contributed by atoms with E-state index in [1.54, 1.807) is 0 Å². The Morgan fingerprint density at radius 2 is 2.00 bits per heavy atom. The van der Waals surface area contributed by atoms with Crippen LogP contribution in [0.25, 0.3) is 0 Å². The van der Waals surface area contributed by atoms with Crippen molar-refractivity contribution >= 4 is 5.69 Å². The molecule has 0 bridgehead atoms. The molecule has 1 aromatic rings. The average molecular weight is 231 g/mol. The molecule has 2 aliphatic rings. The first kappa shape index (κ1) is 10.9. The first-order chi connectivity index (χ1) is 8.31. The lowest BCUT2D eigenvalue weighted by molar-refractivity contribution is 0.356. The van der Waals surface area contributed by atoms with E-state index < -0.39 is 0 Å². The number of nitrogens with one attached hydrogen (secondary N) is 1. The van der Waals surface area contributed by atoms with Gasteiger partial charge in [-0.2, -0.15) is 0 Å². The summed E-state index contributed by atoms with van der Waals surface area (Å²) in [4.78, 5) is 0. The van der Waals surface area contributed by atoms with Gasteiger partial charge < -0.3 is 10.1 Å². The molecule has 1 aliphatic heterocycles. The van der Waals surface area contributed by atoms with E-state index in [2.05, 4.69) is 30.4 Å². The monoisotopic (exact) mass is 231 g/mol. The SMILES string of the molecule is CC1CCC(Nc2ccc3c(c2)CCO3)CC1. The number of hydrogen-bond acceptors (Lipinski definition) is 2. The van der Waals surface area contributed by atoms with Crippen molar-refractivity contribution in [3.8, 4) is 5.75 Å². The van der Waals surface area contributed by atoms with Gasteiger partial charge in [-0.1, -0.05) is 6.92 Å². The zero-order valence-electron chi connectivity index (χ0n) is 10.5. The lowest BCUT2D eigenvalue weighted by Gasteiger charge is -2.27. The van der Waals surface area contributed by atoms with Gasteiger partial charge >= 0.3 is 0 Å². The summed E-state index contributed by atoms with van der Waals surface area (Å²) in [5.41, 5.74) is 2.63. The lowest BCUT2D eigenvalue weighted by atomic mass is 9.87. The molecule has 1 fully saturated rings. The molecule has 1 saturated carbocycles. The summed E-state index contributed by atoms with van der Waals surface area (Å²) in [6.45, 7) is 3.21. The Morgan fingerprint density at radius 3 is 2.82 bits per heavy atom. The maximum Gasteiger partial charge on any atom is 0.122 e. The number of fused-ring (bicyclic) bond motifs is 1. The Bertz CT molecular complexity index is 394. The third kappa shape index (κ3) is 2.41. The predicted molar refractivity (Wildman–Crippen MR) is 70.7 cm³/mol. The van der Waals surface area contributed by atoms with Crippen molar-refractivity contribution in [2.24, 2.45) is 5.92 Å². The van der Waals surface area contributed by atoms with Crippen LogP contribution in [-0.4, -0.2) is 12.6 Å². The predicted octanol–water partition coefficient (Wildman–Crippen LogP) is 3.61. The highest BCUT2D eigenvalue weighted by Gasteiger charge is 2.18. The van der Waals surface area contributed by atoms with Crippen LogP contribution >= 0.6 is 0 Å². The van der Waals surface area contributed by atoms with E-state index in [4.69, 9.17) is 4.74 Å². The largest absolute Gasteiger partial charge is 0.493 e. The Labute approximate surface area is 103 Å². The molecule has 3 rings (SSSR count). The molecule has 1 N–H and O–H groups in total. The van der Waals surface area contributed by atoms with Crippen molar-refractivity contribution in [1.29, 1.82) is 0 Å². The quantitative estimate of drug-likeness (QED) is 0.839. The number of ether oxygens (including phenoxy) is 1. The van der Waals surface area contributed by atoms with Crippen molar-refractivity contribution in [2.45, 2.75) is 45.1 Å². The number of anilines is 1. The number of hydrogen-bond donors (Lipinski definition) is 1. The fraction of sp³-hybridized carbons (Fsp3) is 0.600. The van der Waals surface area contributed by atoms with Crippen LogP contribution < -0.4 is 10.1 Å². The van der Waals surface area contributed by atoms with E-state index in [1.807, 2.05) is 0 Å². The fourth-order valence-electron chi connectivity index (χ4n) is 2.92. The van der Waals surface area contributed by atoms with Crippen LogP contribution in [0.15, 0.2) is 18.2 Å². The Kier molecular flexibility index (Phi) is 2.96. The molecule has 0 atom stereocenters. The van der Waals surface area contributed by atoms with Crippen LogP contribution in [0.4, 0.5) is 5.69 Å². The maximum atomic E-state index is 5.53. The highest BCUT2D eigenvalue weighted by molar-refractivity contribution is 5.52. The van der Waals surface area contributed by atoms with Gasteiger partial charge in [-0.25, -0.2) is 0 Å². The standard InChI is InChI=1S/C15H21NO/c1-11-2-4-13(5-3-11)16-14-6-7-15-12(10-14)8-9-17-15/h6-7,10-11,13,16H,2-5,8-9H2,1H3. The van der Waals surface area contributed by atoms with Gasteiger partial charge in [0.25, 0.3) is 0 Å². The summed E-state index contributed by atoms with van der Waals surface area (Å²) in [6.07, 6.45) is 6.42. The van der Waals surface area contributed by atoms with Gasteiger partial charge in [0.2, 0.25) is 0 Å². The summed E-state index contributed by atoms with van der Waals surface area (Å²) in [5.74, 6) is 1.99. The van der Waals surface area contributed by atoms with Crippen LogP contribution in [0.5, 0.6) is 5.75 Å². The van der Waals surface area contributed by atoms with E-state index in [0.717, 1.165) is 24.7 Å². The second kappa shape index (κ2) is 4.59. The third-order valence-electron chi connectivity index (χ3n) is 4.08. The van der Waals surface area contributed by atoms with Crippen molar-refractivity contribution in [2.75, 3.05) is 11.9 Å². The molecule has 0 spiro atoms. The van der Waals surface area contributed by atoms with E-state index in [1.165, 1.54) is 36.9 Å². The summed E-state index contributed by atoms with van der Waals surface area (Å²) < 4.78 is 5.53. The van der Waals surface area contributed by atoms with Crippen molar-refractivity contribution in [3.05, 3.63) is 23.8 Å². The van der Waals surface area contributed by atoms with Gasteiger partial charge in [-0.3, -0.25) is 0 Å². The maximum absolute atomic E-state index is 5.53. The summed E-state index contributed by atoms with van der Waals surface area (Å²) in [7, 11) is 0. The normalized spacial score (nSPS) is 27.4. The van der Waals surface area contributed by atoms with E-state index in [-0.39, 0.29) is 0 Å². The summed E-state index contributed by atoms with van der Waals surface area (Å²) in [6, 6.07) is 7.20.